The van der Waals surface area contributed by atoms with Crippen LogP contribution in [0.5, 0.6) is 5.88 Å². The third kappa shape index (κ3) is 4.17. The molecule has 178 valence electrons. The molecule has 0 aliphatic carbocycles. The molecule has 2 N–H and O–H groups in total. The molecule has 5 rings (SSSR count). The van der Waals surface area contributed by atoms with Gasteiger partial charge in [0.15, 0.2) is 5.82 Å². The van der Waals surface area contributed by atoms with E-state index >= 15 is 0 Å². The van der Waals surface area contributed by atoms with Crippen molar-refractivity contribution in [2.24, 2.45) is 4.99 Å². The number of pyridine rings is 1. The zero-order valence-corrected chi connectivity index (χ0v) is 20.6. The maximum atomic E-state index is 11.7. The number of nitrogens with one attached hydrogen (secondary N) is 1. The standard InChI is InChI=1S/C25H24N6O3S/c1-13-14(2)35-25-22(13)23(28-19(11-21(32)33)24-30-29-15(3)31(24)25)16-5-7-17(8-6-16)27-18-9-10-20(34-4)26-12-18/h5-10,12,19,27H,11H2,1-4H3,(H,32,33)/t19-/m0/s1. The topological polar surface area (TPSA) is 115 Å². The number of thiophene rings is 1. The summed E-state index contributed by atoms with van der Waals surface area (Å²) in [5, 5.41) is 22.4. The molecular formula is C25H24N6O3S. The van der Waals surface area contributed by atoms with Gasteiger partial charge in [-0.25, -0.2) is 4.98 Å². The lowest BCUT2D eigenvalue weighted by molar-refractivity contribution is -0.137. The number of hydrogen-bond donors (Lipinski definition) is 2. The molecule has 0 radical (unpaired) electrons. The molecule has 4 aromatic rings. The van der Waals surface area contributed by atoms with E-state index in [-0.39, 0.29) is 6.42 Å². The van der Waals surface area contributed by atoms with Crippen LogP contribution in [0.15, 0.2) is 47.6 Å². The van der Waals surface area contributed by atoms with E-state index in [1.54, 1.807) is 30.7 Å². The van der Waals surface area contributed by atoms with E-state index < -0.39 is 12.0 Å². The molecule has 1 aliphatic rings. The fourth-order valence-electron chi connectivity index (χ4n) is 4.14. The van der Waals surface area contributed by atoms with E-state index in [1.165, 1.54) is 4.88 Å². The minimum Gasteiger partial charge on any atom is -0.481 e. The lowest BCUT2D eigenvalue weighted by Crippen LogP contribution is -2.10. The number of methoxy groups -OCH3 is 1. The van der Waals surface area contributed by atoms with Gasteiger partial charge >= 0.3 is 5.97 Å². The monoisotopic (exact) mass is 488 g/mol. The van der Waals surface area contributed by atoms with Crippen LogP contribution in [0.4, 0.5) is 11.4 Å². The van der Waals surface area contributed by atoms with E-state index in [0.29, 0.717) is 17.5 Å². The summed E-state index contributed by atoms with van der Waals surface area (Å²) < 4.78 is 7.07. The average Bonchev–Trinajstić information content (AvgIpc) is 3.32. The van der Waals surface area contributed by atoms with Gasteiger partial charge in [0.25, 0.3) is 0 Å². The van der Waals surface area contributed by atoms with Gasteiger partial charge in [0.1, 0.15) is 16.9 Å². The van der Waals surface area contributed by atoms with E-state index in [0.717, 1.165) is 38.8 Å². The molecule has 0 unspecified atom stereocenters. The van der Waals surface area contributed by atoms with Crippen LogP contribution < -0.4 is 10.1 Å². The molecule has 0 saturated heterocycles. The first-order valence-corrected chi connectivity index (χ1v) is 11.9. The number of rotatable bonds is 6. The lowest BCUT2D eigenvalue weighted by Gasteiger charge is -2.12. The Hall–Kier alpha value is -4.05. The van der Waals surface area contributed by atoms with E-state index in [1.807, 2.05) is 41.8 Å². The summed E-state index contributed by atoms with van der Waals surface area (Å²) in [4.78, 5) is 22.0. The Balaban J connectivity index is 1.57. The molecule has 0 amide bonds. The van der Waals surface area contributed by atoms with Crippen LogP contribution in [0.2, 0.25) is 0 Å². The fraction of sp³-hybridized carbons (Fsp3) is 0.240. The first-order chi connectivity index (χ1) is 16.9. The number of ether oxygens (including phenoxy) is 1. The second-order valence-corrected chi connectivity index (χ2v) is 9.49. The average molecular weight is 489 g/mol. The van der Waals surface area contributed by atoms with Gasteiger partial charge < -0.3 is 15.2 Å². The molecule has 1 aromatic carbocycles. The predicted octanol–water partition coefficient (Wildman–Crippen LogP) is 4.77. The largest absolute Gasteiger partial charge is 0.481 e. The van der Waals surface area contributed by atoms with Gasteiger partial charge in [-0.1, -0.05) is 12.1 Å². The Bertz CT molecular complexity index is 1440. The minimum absolute atomic E-state index is 0.168. The normalized spacial score (nSPS) is 14.5. The van der Waals surface area contributed by atoms with Gasteiger partial charge in [-0.05, 0) is 44.5 Å². The van der Waals surface area contributed by atoms with Crippen LogP contribution in [0.1, 0.15) is 45.7 Å². The third-order valence-electron chi connectivity index (χ3n) is 6.00. The molecule has 0 saturated carbocycles. The van der Waals surface area contributed by atoms with Crippen LogP contribution in [-0.4, -0.2) is 43.6 Å². The quantitative estimate of drug-likeness (QED) is 0.402. The molecule has 10 heteroatoms. The van der Waals surface area contributed by atoms with Gasteiger partial charge in [-0.15, -0.1) is 21.5 Å². The van der Waals surface area contributed by atoms with Crippen molar-refractivity contribution in [3.8, 4) is 10.9 Å². The number of carbonyl (C=O) groups is 1. The van der Waals surface area contributed by atoms with Gasteiger partial charge in [0.05, 0.1) is 31.1 Å². The third-order valence-corrected chi connectivity index (χ3v) is 7.19. The summed E-state index contributed by atoms with van der Waals surface area (Å²) in [6.07, 6.45) is 1.54. The zero-order chi connectivity index (χ0) is 24.7. The van der Waals surface area contributed by atoms with Gasteiger partial charge in [-0.3, -0.25) is 14.4 Å². The Morgan fingerprint density at radius 1 is 1.11 bits per heavy atom. The lowest BCUT2D eigenvalue weighted by atomic mass is 9.99. The number of hydrogen-bond acceptors (Lipinski definition) is 8. The van der Waals surface area contributed by atoms with Crippen LogP contribution in [0.25, 0.3) is 5.00 Å². The summed E-state index contributed by atoms with van der Waals surface area (Å²) >= 11 is 1.64. The van der Waals surface area contributed by atoms with Crippen LogP contribution in [-0.2, 0) is 4.79 Å². The molecule has 0 bridgehead atoms. The van der Waals surface area contributed by atoms with Crippen molar-refractivity contribution < 1.29 is 14.6 Å². The van der Waals surface area contributed by atoms with Crippen molar-refractivity contribution >= 4 is 34.4 Å². The van der Waals surface area contributed by atoms with Crippen molar-refractivity contribution in [2.75, 3.05) is 12.4 Å². The van der Waals surface area contributed by atoms with Gasteiger partial charge in [0.2, 0.25) is 5.88 Å². The number of benzene rings is 1. The molecule has 35 heavy (non-hydrogen) atoms. The first kappa shape index (κ1) is 22.7. The van der Waals surface area contributed by atoms with Crippen molar-refractivity contribution in [1.29, 1.82) is 0 Å². The first-order valence-electron chi connectivity index (χ1n) is 11.1. The molecular weight excluding hydrogens is 464 g/mol. The Labute approximate surface area is 206 Å². The number of nitrogens with zero attached hydrogens (tertiary/aromatic N) is 5. The number of anilines is 2. The summed E-state index contributed by atoms with van der Waals surface area (Å²) in [7, 11) is 1.58. The number of aliphatic imine (C=N–C) groups is 1. The van der Waals surface area contributed by atoms with E-state index in [2.05, 4.69) is 34.3 Å². The number of carboxylic acid groups (broad SMARTS) is 1. The molecule has 1 atom stereocenters. The summed E-state index contributed by atoms with van der Waals surface area (Å²) in [5.74, 6) is 0.876. The van der Waals surface area contributed by atoms with Crippen LogP contribution in [0, 0.1) is 20.8 Å². The number of aliphatic carboxylic acids is 1. The minimum atomic E-state index is -0.934. The van der Waals surface area contributed by atoms with E-state index in [9.17, 15) is 9.90 Å². The summed E-state index contributed by atoms with van der Waals surface area (Å²) in [5.41, 5.74) is 5.50. The smallest absolute Gasteiger partial charge is 0.306 e. The van der Waals surface area contributed by atoms with Crippen LogP contribution in [0.3, 0.4) is 0 Å². The highest BCUT2D eigenvalue weighted by Crippen LogP contribution is 2.39. The molecule has 1 aliphatic heterocycles. The summed E-state index contributed by atoms with van der Waals surface area (Å²) in [6, 6.07) is 11.0. The van der Waals surface area contributed by atoms with Gasteiger partial charge in [-0.2, -0.15) is 0 Å². The highest BCUT2D eigenvalue weighted by molar-refractivity contribution is 7.15. The maximum Gasteiger partial charge on any atom is 0.306 e. The Morgan fingerprint density at radius 3 is 2.51 bits per heavy atom. The second kappa shape index (κ2) is 8.95. The number of aryl methyl sites for hydroxylation is 2. The SMILES string of the molecule is COc1ccc(Nc2ccc(C3=N[C@@H](CC(=O)O)c4nnc(C)n4-c4sc(C)c(C)c43)cc2)cn1. The van der Waals surface area contributed by atoms with E-state index in [4.69, 9.17) is 9.73 Å². The predicted molar refractivity (Wildman–Crippen MR) is 135 cm³/mol. The summed E-state index contributed by atoms with van der Waals surface area (Å²) in [6.45, 7) is 6.03. The van der Waals surface area contributed by atoms with Crippen molar-refractivity contribution in [3.05, 3.63) is 75.8 Å². The molecule has 0 spiro atoms. The zero-order valence-electron chi connectivity index (χ0n) is 19.7. The molecule has 3 aromatic heterocycles. The molecule has 9 nitrogen and oxygen atoms in total. The van der Waals surface area contributed by atoms with Crippen molar-refractivity contribution in [2.45, 2.75) is 33.2 Å². The molecule has 0 fully saturated rings. The highest BCUT2D eigenvalue weighted by atomic mass is 32.1. The van der Waals surface area contributed by atoms with Crippen molar-refractivity contribution in [1.82, 2.24) is 19.7 Å². The molecule has 4 heterocycles. The second-order valence-electron chi connectivity index (χ2n) is 8.29. The fourth-order valence-corrected chi connectivity index (χ4v) is 5.36. The number of carboxylic acids is 1. The number of fused-ring (bicyclic) bond motifs is 3. The Morgan fingerprint density at radius 2 is 1.86 bits per heavy atom. The van der Waals surface area contributed by atoms with Crippen molar-refractivity contribution in [3.63, 3.8) is 0 Å². The number of aromatic nitrogens is 4. The van der Waals surface area contributed by atoms with Crippen LogP contribution >= 0.6 is 11.3 Å². The van der Waals surface area contributed by atoms with Gasteiger partial charge in [0, 0.05) is 27.8 Å². The maximum absolute atomic E-state index is 11.7. The highest BCUT2D eigenvalue weighted by Gasteiger charge is 2.32. The Kier molecular flexibility index (Phi) is 5.81.